The molecule has 0 bridgehead atoms. The number of benzene rings is 3. The molecule has 5 rings (SSSR count). The molecule has 0 spiro atoms. The van der Waals surface area contributed by atoms with Crippen LogP contribution in [-0.4, -0.2) is 9.67 Å². The van der Waals surface area contributed by atoms with Gasteiger partial charge >= 0.3 is 5.63 Å². The summed E-state index contributed by atoms with van der Waals surface area (Å²) >= 11 is 6.89. The van der Waals surface area contributed by atoms with Crippen LogP contribution in [0.1, 0.15) is 0 Å². The lowest BCUT2D eigenvalue weighted by atomic mass is 10.1. The van der Waals surface area contributed by atoms with Gasteiger partial charge in [0.1, 0.15) is 21.7 Å². The third-order valence-electron chi connectivity index (χ3n) is 5.20. The van der Waals surface area contributed by atoms with Gasteiger partial charge in [-0.3, -0.25) is 9.36 Å². The van der Waals surface area contributed by atoms with E-state index in [1.165, 1.54) is 34.9 Å². The van der Waals surface area contributed by atoms with Crippen LogP contribution in [0.25, 0.3) is 27.9 Å². The number of aromatic nitrogens is 1. The van der Waals surface area contributed by atoms with Crippen molar-refractivity contribution < 1.29 is 13.9 Å². The predicted molar refractivity (Wildman–Crippen MR) is 131 cm³/mol. The highest BCUT2D eigenvalue weighted by Gasteiger charge is 2.22. The van der Waals surface area contributed by atoms with E-state index in [9.17, 15) is 19.1 Å². The number of rotatable bonds is 4. The Morgan fingerprint density at radius 3 is 2.26 bits per heavy atom. The van der Waals surface area contributed by atoms with Gasteiger partial charge in [-0.05, 0) is 54.1 Å². The zero-order valence-corrected chi connectivity index (χ0v) is 18.9. The van der Waals surface area contributed by atoms with Gasteiger partial charge < -0.3 is 9.52 Å². The summed E-state index contributed by atoms with van der Waals surface area (Å²) in [7, 11) is 0. The molecule has 0 amide bonds. The van der Waals surface area contributed by atoms with E-state index >= 15 is 0 Å². The number of hydrogen-bond acceptors (Lipinski definition) is 5. The minimum atomic E-state index is -0.775. The van der Waals surface area contributed by atoms with Gasteiger partial charge in [0.05, 0.1) is 5.69 Å². The van der Waals surface area contributed by atoms with Crippen LogP contribution in [0.15, 0.2) is 109 Å². The normalized spacial score (nSPS) is 11.1. The highest BCUT2D eigenvalue weighted by molar-refractivity contribution is 7.99. The highest BCUT2D eigenvalue weighted by Crippen LogP contribution is 2.37. The molecule has 5 nitrogen and oxygen atoms in total. The Labute approximate surface area is 201 Å². The molecule has 0 saturated carbocycles. The smallest absolute Gasteiger partial charge is 0.354 e. The maximum Gasteiger partial charge on any atom is 0.354 e. The van der Waals surface area contributed by atoms with Gasteiger partial charge in [-0.2, -0.15) is 0 Å². The largest absolute Gasteiger partial charge is 0.505 e. The molecular formula is C26H15ClFNO4S. The first-order chi connectivity index (χ1) is 16.4. The fourth-order valence-corrected chi connectivity index (χ4v) is 4.58. The minimum absolute atomic E-state index is 0.0508. The lowest BCUT2D eigenvalue weighted by Crippen LogP contribution is -2.21. The van der Waals surface area contributed by atoms with Crippen molar-refractivity contribution in [3.63, 3.8) is 0 Å². The standard InChI is InChI=1S/C26H15ClFNO4S/c27-16-6-12-19(13-7-16)34-24-23(30)22-21(33-26(24)32)14-20(15-4-2-1-3-5-15)29(25(22)31)18-10-8-17(28)9-11-18/h1-14,30H. The van der Waals surface area contributed by atoms with E-state index in [0.29, 0.717) is 26.9 Å². The molecule has 8 heteroatoms. The summed E-state index contributed by atoms with van der Waals surface area (Å²) in [6, 6.07) is 22.6. The average molecular weight is 492 g/mol. The van der Waals surface area contributed by atoms with Crippen molar-refractivity contribution in [2.75, 3.05) is 0 Å². The molecule has 0 fully saturated rings. The molecule has 2 heterocycles. The molecule has 3 aromatic carbocycles. The van der Waals surface area contributed by atoms with E-state index in [-0.39, 0.29) is 15.9 Å². The maximum atomic E-state index is 13.7. The molecule has 0 aliphatic carbocycles. The third-order valence-corrected chi connectivity index (χ3v) is 6.52. The van der Waals surface area contributed by atoms with Gasteiger partial charge in [-0.25, -0.2) is 9.18 Å². The van der Waals surface area contributed by atoms with E-state index in [1.807, 2.05) is 6.07 Å². The zero-order chi connectivity index (χ0) is 23.8. The number of hydrogen-bond donors (Lipinski definition) is 1. The maximum absolute atomic E-state index is 13.7. The van der Waals surface area contributed by atoms with E-state index < -0.39 is 22.8 Å². The van der Waals surface area contributed by atoms with Crippen molar-refractivity contribution in [2.45, 2.75) is 9.79 Å². The second kappa shape index (κ2) is 8.85. The van der Waals surface area contributed by atoms with Crippen LogP contribution in [0.4, 0.5) is 4.39 Å². The van der Waals surface area contributed by atoms with Crippen LogP contribution < -0.4 is 11.2 Å². The monoisotopic (exact) mass is 491 g/mol. The summed E-state index contributed by atoms with van der Waals surface area (Å²) in [5.74, 6) is -0.930. The zero-order valence-electron chi connectivity index (χ0n) is 17.4. The molecule has 2 aromatic heterocycles. The third kappa shape index (κ3) is 4.00. The first-order valence-corrected chi connectivity index (χ1v) is 11.3. The molecule has 0 aliphatic rings. The molecule has 0 saturated heterocycles. The predicted octanol–water partition coefficient (Wildman–Crippen LogP) is 6.26. The van der Waals surface area contributed by atoms with E-state index in [2.05, 4.69) is 0 Å². The van der Waals surface area contributed by atoms with Gasteiger partial charge in [0.25, 0.3) is 5.56 Å². The molecule has 0 unspecified atom stereocenters. The summed E-state index contributed by atoms with van der Waals surface area (Å²) in [6.45, 7) is 0. The summed E-state index contributed by atoms with van der Waals surface area (Å²) in [5.41, 5.74) is 0.0535. The molecule has 168 valence electrons. The number of nitrogens with zero attached hydrogens (tertiary/aromatic N) is 1. The van der Waals surface area contributed by atoms with Crippen LogP contribution in [-0.2, 0) is 0 Å². The minimum Gasteiger partial charge on any atom is -0.505 e. The highest BCUT2D eigenvalue weighted by atomic mass is 35.5. The molecule has 0 atom stereocenters. The Morgan fingerprint density at radius 2 is 1.59 bits per heavy atom. The van der Waals surface area contributed by atoms with Gasteiger partial charge in [-0.15, -0.1) is 0 Å². The van der Waals surface area contributed by atoms with Gasteiger partial charge in [0, 0.05) is 21.7 Å². The van der Waals surface area contributed by atoms with E-state index in [4.69, 9.17) is 16.0 Å². The fraction of sp³-hybridized carbons (Fsp3) is 0. The second-order valence-electron chi connectivity index (χ2n) is 7.38. The quantitative estimate of drug-likeness (QED) is 0.321. The first-order valence-electron chi connectivity index (χ1n) is 10.1. The topological polar surface area (TPSA) is 72.4 Å². The van der Waals surface area contributed by atoms with Crippen molar-refractivity contribution in [1.82, 2.24) is 4.57 Å². The molecule has 1 N–H and O–H groups in total. The lowest BCUT2D eigenvalue weighted by Gasteiger charge is -2.15. The van der Waals surface area contributed by atoms with Gasteiger partial charge in [0.2, 0.25) is 0 Å². The Balaban J connectivity index is 1.80. The Morgan fingerprint density at radius 1 is 0.912 bits per heavy atom. The summed E-state index contributed by atoms with van der Waals surface area (Å²) < 4.78 is 20.4. The summed E-state index contributed by atoms with van der Waals surface area (Å²) in [5, 5.41) is 11.4. The molecule has 0 radical (unpaired) electrons. The van der Waals surface area contributed by atoms with Crippen molar-refractivity contribution in [2.24, 2.45) is 0 Å². The average Bonchev–Trinajstić information content (AvgIpc) is 2.84. The summed E-state index contributed by atoms with van der Waals surface area (Å²) in [6.07, 6.45) is 0. The number of pyridine rings is 1. The fourth-order valence-electron chi connectivity index (χ4n) is 3.62. The van der Waals surface area contributed by atoms with Crippen LogP contribution in [0.5, 0.6) is 5.75 Å². The molecule has 5 aromatic rings. The Kier molecular flexibility index (Phi) is 5.73. The molecule has 0 aliphatic heterocycles. The van der Waals surface area contributed by atoms with Crippen molar-refractivity contribution in [3.05, 3.63) is 117 Å². The lowest BCUT2D eigenvalue weighted by molar-refractivity contribution is 0.446. The number of fused-ring (bicyclic) bond motifs is 1. The van der Waals surface area contributed by atoms with Crippen molar-refractivity contribution in [1.29, 1.82) is 0 Å². The first kappa shape index (κ1) is 22.0. The second-order valence-corrected chi connectivity index (χ2v) is 8.90. The number of halogens is 2. The van der Waals surface area contributed by atoms with Crippen molar-refractivity contribution in [3.8, 4) is 22.7 Å². The Hall–Kier alpha value is -3.81. The van der Waals surface area contributed by atoms with E-state index in [0.717, 1.165) is 11.8 Å². The van der Waals surface area contributed by atoms with E-state index in [1.54, 1.807) is 48.5 Å². The molecule has 34 heavy (non-hydrogen) atoms. The van der Waals surface area contributed by atoms with Crippen molar-refractivity contribution >= 4 is 34.3 Å². The number of aromatic hydroxyl groups is 1. The van der Waals surface area contributed by atoms with Gasteiger partial charge in [0.15, 0.2) is 5.75 Å². The van der Waals surface area contributed by atoms with Crippen LogP contribution in [0.2, 0.25) is 5.02 Å². The van der Waals surface area contributed by atoms with Gasteiger partial charge in [-0.1, -0.05) is 53.7 Å². The van der Waals surface area contributed by atoms with Crippen LogP contribution >= 0.6 is 23.4 Å². The SMILES string of the molecule is O=c1oc2cc(-c3ccccc3)n(-c3ccc(F)cc3)c(=O)c2c(O)c1Sc1ccc(Cl)cc1. The van der Waals surface area contributed by atoms with Crippen LogP contribution in [0, 0.1) is 5.82 Å². The Bertz CT molecular complexity index is 1630. The molecular weight excluding hydrogens is 477 g/mol. The summed E-state index contributed by atoms with van der Waals surface area (Å²) in [4.78, 5) is 27.0. The van der Waals surface area contributed by atoms with Crippen LogP contribution in [0.3, 0.4) is 0 Å².